The van der Waals surface area contributed by atoms with E-state index in [0.717, 1.165) is 13.1 Å². The van der Waals surface area contributed by atoms with Gasteiger partial charge in [-0.25, -0.2) is 0 Å². The highest BCUT2D eigenvalue weighted by Crippen LogP contribution is 2.34. The Bertz CT molecular complexity index is 375. The summed E-state index contributed by atoms with van der Waals surface area (Å²) in [4.78, 5) is 2.42. The van der Waals surface area contributed by atoms with E-state index in [2.05, 4.69) is 43.1 Å². The first kappa shape index (κ1) is 12.6. The molecule has 2 heteroatoms. The fourth-order valence-corrected chi connectivity index (χ4v) is 2.91. The van der Waals surface area contributed by atoms with Gasteiger partial charge in [-0.05, 0) is 51.9 Å². The van der Waals surface area contributed by atoms with Gasteiger partial charge in [-0.3, -0.25) is 0 Å². The van der Waals surface area contributed by atoms with Gasteiger partial charge in [0.25, 0.3) is 0 Å². The van der Waals surface area contributed by atoms with Crippen molar-refractivity contribution in [2.45, 2.75) is 31.6 Å². The van der Waals surface area contributed by atoms with Crippen molar-refractivity contribution >= 4 is 0 Å². The third-order valence-corrected chi connectivity index (χ3v) is 4.19. The molecule has 1 unspecified atom stereocenters. The first-order valence-corrected chi connectivity index (χ1v) is 6.62. The van der Waals surface area contributed by atoms with Gasteiger partial charge in [0.15, 0.2) is 0 Å². The maximum absolute atomic E-state index is 6.12. The van der Waals surface area contributed by atoms with Crippen LogP contribution in [0.5, 0.6) is 0 Å². The molecule has 1 aliphatic rings. The van der Waals surface area contributed by atoms with Crippen LogP contribution >= 0.6 is 0 Å². The van der Waals surface area contributed by atoms with Crippen LogP contribution < -0.4 is 5.73 Å². The van der Waals surface area contributed by atoms with Gasteiger partial charge in [0.05, 0.1) is 0 Å². The zero-order valence-electron chi connectivity index (χ0n) is 11.1. The smallest absolute Gasteiger partial charge is 0.00882 e. The molecule has 0 bridgehead atoms. The molecule has 2 rings (SSSR count). The predicted octanol–water partition coefficient (Wildman–Crippen LogP) is 2.31. The van der Waals surface area contributed by atoms with Crippen molar-refractivity contribution < 1.29 is 0 Å². The molecule has 0 saturated carbocycles. The fraction of sp³-hybridized carbons (Fsp3) is 0.600. The van der Waals surface area contributed by atoms with Gasteiger partial charge in [0, 0.05) is 12.0 Å². The fourth-order valence-electron chi connectivity index (χ4n) is 2.91. The summed E-state index contributed by atoms with van der Waals surface area (Å²) in [6.45, 7) is 5.29. The summed E-state index contributed by atoms with van der Waals surface area (Å²) in [5.41, 5.74) is 9.10. The van der Waals surface area contributed by atoms with Gasteiger partial charge < -0.3 is 10.6 Å². The lowest BCUT2D eigenvalue weighted by Crippen LogP contribution is -2.36. The highest BCUT2D eigenvalue weighted by atomic mass is 15.1. The predicted molar refractivity (Wildman–Crippen MR) is 73.3 cm³/mol. The van der Waals surface area contributed by atoms with E-state index in [9.17, 15) is 0 Å². The molecule has 0 radical (unpaired) electrons. The molecule has 1 heterocycles. The number of hydrogen-bond donors (Lipinski definition) is 1. The normalized spacial score (nSPS) is 26.8. The van der Waals surface area contributed by atoms with Crippen molar-refractivity contribution in [1.82, 2.24) is 4.90 Å². The third kappa shape index (κ3) is 2.70. The van der Waals surface area contributed by atoms with Gasteiger partial charge in [0.1, 0.15) is 0 Å². The topological polar surface area (TPSA) is 29.3 Å². The minimum Gasteiger partial charge on any atom is -0.330 e. The second-order valence-corrected chi connectivity index (χ2v) is 5.51. The average Bonchev–Trinajstić information content (AvgIpc) is 2.52. The lowest BCUT2D eigenvalue weighted by atomic mass is 9.74. The Balaban J connectivity index is 2.29. The third-order valence-electron chi connectivity index (χ3n) is 4.19. The van der Waals surface area contributed by atoms with Crippen molar-refractivity contribution in [3.05, 3.63) is 35.4 Å². The molecule has 1 aromatic rings. The highest BCUT2D eigenvalue weighted by Gasteiger charge is 2.32. The molecule has 1 saturated heterocycles. The monoisotopic (exact) mass is 232 g/mol. The van der Waals surface area contributed by atoms with E-state index < -0.39 is 0 Å². The summed E-state index contributed by atoms with van der Waals surface area (Å²) >= 11 is 0. The van der Waals surface area contributed by atoms with Crippen molar-refractivity contribution in [2.75, 3.05) is 26.7 Å². The summed E-state index contributed by atoms with van der Waals surface area (Å²) in [7, 11) is 2.21. The molecular weight excluding hydrogens is 208 g/mol. The summed E-state index contributed by atoms with van der Waals surface area (Å²) < 4.78 is 0. The molecule has 1 fully saturated rings. The van der Waals surface area contributed by atoms with Gasteiger partial charge in [0.2, 0.25) is 0 Å². The highest BCUT2D eigenvalue weighted by molar-refractivity contribution is 5.30. The number of nitrogens with zero attached hydrogens (tertiary/aromatic N) is 1. The van der Waals surface area contributed by atoms with E-state index in [0.29, 0.717) is 0 Å². The Morgan fingerprint density at radius 3 is 2.82 bits per heavy atom. The van der Waals surface area contributed by atoms with Crippen LogP contribution in [0.2, 0.25) is 0 Å². The van der Waals surface area contributed by atoms with Gasteiger partial charge >= 0.3 is 0 Å². The van der Waals surface area contributed by atoms with Crippen LogP contribution in [0.4, 0.5) is 0 Å². The molecular formula is C15H24N2. The first-order chi connectivity index (χ1) is 8.16. The van der Waals surface area contributed by atoms with E-state index in [1.807, 2.05) is 0 Å². The molecule has 17 heavy (non-hydrogen) atoms. The standard InChI is InChI=1S/C15H24N2/c1-13-5-3-6-14(11-13)15(12-16)7-4-9-17(2)10-8-15/h3,5-6,11H,4,7-10,12,16H2,1-2H3. The molecule has 0 amide bonds. The van der Waals surface area contributed by atoms with Crippen LogP contribution in [0.1, 0.15) is 30.4 Å². The largest absolute Gasteiger partial charge is 0.330 e. The second kappa shape index (κ2) is 5.19. The van der Waals surface area contributed by atoms with E-state index in [1.54, 1.807) is 0 Å². The SMILES string of the molecule is Cc1cccc(C2(CN)CCCN(C)CC2)c1. The van der Waals surface area contributed by atoms with Gasteiger partial charge in [-0.1, -0.05) is 29.8 Å². The molecule has 1 atom stereocenters. The number of likely N-dealkylation sites (tertiary alicyclic amines) is 1. The zero-order chi connectivity index (χ0) is 12.3. The van der Waals surface area contributed by atoms with Crippen LogP contribution in [-0.4, -0.2) is 31.6 Å². The Kier molecular flexibility index (Phi) is 3.85. The molecule has 0 aromatic heterocycles. The summed E-state index contributed by atoms with van der Waals surface area (Å²) in [6, 6.07) is 8.90. The number of aryl methyl sites for hydroxylation is 1. The van der Waals surface area contributed by atoms with Crippen LogP contribution in [0, 0.1) is 6.92 Å². The van der Waals surface area contributed by atoms with E-state index in [4.69, 9.17) is 5.73 Å². The lowest BCUT2D eigenvalue weighted by molar-refractivity contribution is 0.329. The zero-order valence-corrected chi connectivity index (χ0v) is 11.1. The Labute approximate surface area is 105 Å². The molecule has 2 N–H and O–H groups in total. The first-order valence-electron chi connectivity index (χ1n) is 6.62. The summed E-state index contributed by atoms with van der Waals surface area (Å²) in [5.74, 6) is 0. The van der Waals surface area contributed by atoms with Gasteiger partial charge in [-0.15, -0.1) is 0 Å². The average molecular weight is 232 g/mol. The van der Waals surface area contributed by atoms with Crippen molar-refractivity contribution in [2.24, 2.45) is 5.73 Å². The maximum atomic E-state index is 6.12. The second-order valence-electron chi connectivity index (χ2n) is 5.51. The minimum absolute atomic E-state index is 0.205. The van der Waals surface area contributed by atoms with Crippen LogP contribution in [-0.2, 0) is 5.41 Å². The number of rotatable bonds is 2. The quantitative estimate of drug-likeness (QED) is 0.848. The molecule has 94 valence electrons. The molecule has 0 aliphatic carbocycles. The van der Waals surface area contributed by atoms with Crippen molar-refractivity contribution in [3.8, 4) is 0 Å². The molecule has 1 aromatic carbocycles. The van der Waals surface area contributed by atoms with Gasteiger partial charge in [-0.2, -0.15) is 0 Å². The van der Waals surface area contributed by atoms with Crippen molar-refractivity contribution in [1.29, 1.82) is 0 Å². The Morgan fingerprint density at radius 2 is 2.12 bits per heavy atom. The molecule has 2 nitrogen and oxygen atoms in total. The molecule has 0 spiro atoms. The number of hydrogen-bond acceptors (Lipinski definition) is 2. The minimum atomic E-state index is 0.205. The van der Waals surface area contributed by atoms with E-state index in [-0.39, 0.29) is 5.41 Å². The Hall–Kier alpha value is -0.860. The van der Waals surface area contributed by atoms with Crippen molar-refractivity contribution in [3.63, 3.8) is 0 Å². The van der Waals surface area contributed by atoms with E-state index in [1.165, 1.54) is 36.9 Å². The van der Waals surface area contributed by atoms with E-state index >= 15 is 0 Å². The number of nitrogens with two attached hydrogens (primary N) is 1. The lowest BCUT2D eigenvalue weighted by Gasteiger charge is -2.32. The Morgan fingerprint density at radius 1 is 1.29 bits per heavy atom. The maximum Gasteiger partial charge on any atom is 0.00882 e. The van der Waals surface area contributed by atoms with Crippen LogP contribution in [0.3, 0.4) is 0 Å². The summed E-state index contributed by atoms with van der Waals surface area (Å²) in [6.07, 6.45) is 3.66. The van der Waals surface area contributed by atoms with Crippen LogP contribution in [0.15, 0.2) is 24.3 Å². The summed E-state index contributed by atoms with van der Waals surface area (Å²) in [5, 5.41) is 0. The molecule has 1 aliphatic heterocycles. The van der Waals surface area contributed by atoms with Crippen LogP contribution in [0.25, 0.3) is 0 Å². The number of benzene rings is 1.